The third kappa shape index (κ3) is 7.83. The van der Waals surface area contributed by atoms with Gasteiger partial charge in [0.05, 0.1) is 55.4 Å². The topological polar surface area (TPSA) is 9.86 Å². The highest BCUT2D eigenvalue weighted by molar-refractivity contribution is 7.00. The lowest BCUT2D eigenvalue weighted by Gasteiger charge is -2.25. The fourth-order valence-corrected chi connectivity index (χ4v) is 10.5. The summed E-state index contributed by atoms with van der Waals surface area (Å²) in [5.41, 5.74) is -12.5. The first-order chi connectivity index (χ1) is 29.8. The minimum atomic E-state index is -5.42. The Balaban J connectivity index is 1.27. The molecule has 2 aromatic heterocycles. The molecule has 0 aliphatic heterocycles. The van der Waals surface area contributed by atoms with Crippen LogP contribution in [0.15, 0.2) is 109 Å². The number of benzene rings is 6. The zero-order valence-corrected chi connectivity index (χ0v) is 33.6. The maximum absolute atomic E-state index is 14.6. The van der Waals surface area contributed by atoms with Gasteiger partial charge in [0.25, 0.3) is 0 Å². The highest BCUT2D eigenvalue weighted by atomic mass is 28.3. The van der Waals surface area contributed by atoms with Crippen molar-refractivity contribution in [3.8, 4) is 11.4 Å². The average Bonchev–Trinajstić information content (AvgIpc) is 3.70. The van der Waals surface area contributed by atoms with E-state index in [1.165, 1.54) is 48.5 Å². The third-order valence-corrected chi connectivity index (χ3v) is 14.9. The lowest BCUT2D eigenvalue weighted by atomic mass is 10.0. The van der Waals surface area contributed by atoms with Gasteiger partial charge in [0.15, 0.2) is 0 Å². The first-order valence-corrected chi connectivity index (χ1v) is 21.7. The van der Waals surface area contributed by atoms with Gasteiger partial charge in [-0.3, -0.25) is 0 Å². The Morgan fingerprint density at radius 1 is 0.323 bits per heavy atom. The van der Waals surface area contributed by atoms with Crippen molar-refractivity contribution in [2.24, 2.45) is 0 Å². The predicted octanol–water partition coefficient (Wildman–Crippen LogP) is 14.8. The molecule has 8 rings (SSSR count). The van der Waals surface area contributed by atoms with Crippen LogP contribution in [0, 0.1) is 0 Å². The normalized spacial score (nSPS) is 13.8. The largest absolute Gasteiger partial charge is 0.418 e. The predicted molar refractivity (Wildman–Crippen MR) is 208 cm³/mol. The molecule has 0 amide bonds. The third-order valence-electron chi connectivity index (χ3n) is 11.3. The van der Waals surface area contributed by atoms with Gasteiger partial charge in [0.2, 0.25) is 0 Å². The molecule has 2 nitrogen and oxygen atoms in total. The monoisotopic (exact) mass is 950 g/mol. The van der Waals surface area contributed by atoms with Crippen molar-refractivity contribution < 1.29 is 79.0 Å². The number of rotatable bonds is 4. The molecular formula is C44H24F18N2Si. The number of nitrogens with zero attached hydrogens (tertiary/aromatic N) is 2. The van der Waals surface area contributed by atoms with Gasteiger partial charge in [-0.25, -0.2) is 0 Å². The maximum Gasteiger partial charge on any atom is 0.418 e. The Hall–Kier alpha value is -6.12. The number of hydrogen-bond donors (Lipinski definition) is 0. The highest BCUT2D eigenvalue weighted by Gasteiger charge is 2.43. The Morgan fingerprint density at radius 2 is 0.631 bits per heavy atom. The second kappa shape index (κ2) is 14.4. The molecule has 0 saturated heterocycles. The molecule has 0 N–H and O–H groups in total. The van der Waals surface area contributed by atoms with E-state index in [9.17, 15) is 79.0 Å². The highest BCUT2D eigenvalue weighted by Crippen LogP contribution is 2.47. The fourth-order valence-electron chi connectivity index (χ4n) is 8.16. The zero-order chi connectivity index (χ0) is 47.8. The van der Waals surface area contributed by atoms with Gasteiger partial charge in [-0.1, -0.05) is 59.9 Å². The lowest BCUT2D eigenvalue weighted by Crippen LogP contribution is -2.52. The van der Waals surface area contributed by atoms with E-state index in [1.54, 1.807) is 13.1 Å². The summed E-state index contributed by atoms with van der Waals surface area (Å²) in [6.07, 6.45) is -31.4. The molecule has 0 fully saturated rings. The van der Waals surface area contributed by atoms with Crippen molar-refractivity contribution in [1.82, 2.24) is 9.13 Å². The molecule has 340 valence electrons. The summed E-state index contributed by atoms with van der Waals surface area (Å²) in [4.78, 5) is 0. The summed E-state index contributed by atoms with van der Waals surface area (Å²) in [6.45, 7) is 3.51. The lowest BCUT2D eigenvalue weighted by molar-refractivity contribution is -0.143. The van der Waals surface area contributed by atoms with Gasteiger partial charge in [0, 0.05) is 32.9 Å². The number of fused-ring (bicyclic) bond motifs is 6. The molecule has 0 spiro atoms. The molecule has 0 bridgehead atoms. The molecule has 21 heteroatoms. The summed E-state index contributed by atoms with van der Waals surface area (Å²) in [7, 11) is -3.02. The van der Waals surface area contributed by atoms with Crippen LogP contribution < -0.4 is 10.4 Å². The number of alkyl halides is 18. The van der Waals surface area contributed by atoms with Crippen LogP contribution in [-0.2, 0) is 37.1 Å². The summed E-state index contributed by atoms with van der Waals surface area (Å²) in [5, 5.41) is -0.931. The van der Waals surface area contributed by atoms with Crippen LogP contribution in [-0.4, -0.2) is 17.2 Å². The van der Waals surface area contributed by atoms with Crippen LogP contribution >= 0.6 is 0 Å². The Bertz CT molecular complexity index is 2960. The van der Waals surface area contributed by atoms with Crippen LogP contribution in [0.5, 0.6) is 0 Å². The van der Waals surface area contributed by atoms with Crippen LogP contribution in [0.25, 0.3) is 55.0 Å². The van der Waals surface area contributed by atoms with Crippen molar-refractivity contribution in [3.63, 3.8) is 0 Å². The van der Waals surface area contributed by atoms with Gasteiger partial charge in [-0.2, -0.15) is 79.0 Å². The van der Waals surface area contributed by atoms with E-state index in [4.69, 9.17) is 0 Å². The number of halogens is 18. The Kier molecular flexibility index (Phi) is 10.1. The van der Waals surface area contributed by atoms with Gasteiger partial charge < -0.3 is 9.13 Å². The van der Waals surface area contributed by atoms with Crippen LogP contribution in [0.2, 0.25) is 13.1 Å². The smallest absolute Gasteiger partial charge is 0.309 e. The molecular weight excluding hydrogens is 927 g/mol. The van der Waals surface area contributed by atoms with E-state index in [1.807, 2.05) is 0 Å². The van der Waals surface area contributed by atoms with Crippen molar-refractivity contribution in [3.05, 3.63) is 143 Å². The Labute approximate surface area is 353 Å². The summed E-state index contributed by atoms with van der Waals surface area (Å²) in [5.74, 6) is 0. The fraction of sp³-hybridized carbons (Fsp3) is 0.182. The molecule has 0 radical (unpaired) electrons. The van der Waals surface area contributed by atoms with E-state index in [2.05, 4.69) is 0 Å². The standard InChI is InChI=1S/C44H24F18N2Si/c1-65(2,27-9-5-25(6-10-27)63-35-19-21(39(45,46)47)3-13-29(35)31-15-23(41(51,52)53)17-33(37(31)63)43(57,58)59)28-11-7-26(8-12-28)64-36-20-22(40(48,49)50)4-14-30(36)32-16-24(42(54,55)56)18-34(38(32)64)44(60,61)62/h3-20H,1-2H3. The molecule has 65 heavy (non-hydrogen) atoms. The molecule has 0 aliphatic carbocycles. The number of aromatic nitrogens is 2. The van der Waals surface area contributed by atoms with E-state index in [0.717, 1.165) is 21.3 Å². The maximum atomic E-state index is 14.6. The van der Waals surface area contributed by atoms with Crippen molar-refractivity contribution in [2.75, 3.05) is 0 Å². The van der Waals surface area contributed by atoms with Gasteiger partial charge >= 0.3 is 37.1 Å². The first-order valence-electron chi connectivity index (χ1n) is 18.7. The van der Waals surface area contributed by atoms with Gasteiger partial charge in [-0.15, -0.1) is 0 Å². The summed E-state index contributed by atoms with van der Waals surface area (Å²) in [6, 6.07) is 14.9. The quantitative estimate of drug-likeness (QED) is 0.123. The summed E-state index contributed by atoms with van der Waals surface area (Å²) < 4.78 is 256. The van der Waals surface area contributed by atoms with Crippen LogP contribution in [0.1, 0.15) is 33.4 Å². The van der Waals surface area contributed by atoms with Gasteiger partial charge in [0.1, 0.15) is 8.07 Å². The Morgan fingerprint density at radius 3 is 0.908 bits per heavy atom. The molecule has 8 aromatic rings. The van der Waals surface area contributed by atoms with Gasteiger partial charge in [-0.05, 0) is 72.8 Å². The molecule has 0 saturated carbocycles. The van der Waals surface area contributed by atoms with E-state index < -0.39 is 111 Å². The zero-order valence-electron chi connectivity index (χ0n) is 32.6. The molecule has 0 aliphatic rings. The summed E-state index contributed by atoms with van der Waals surface area (Å²) >= 11 is 0. The van der Waals surface area contributed by atoms with E-state index >= 15 is 0 Å². The molecule has 2 heterocycles. The van der Waals surface area contributed by atoms with Crippen molar-refractivity contribution >= 4 is 62.1 Å². The number of hydrogen-bond acceptors (Lipinski definition) is 0. The SMILES string of the molecule is C[Si](C)(c1ccc(-n2c3cc(C(F)(F)F)ccc3c3cc(C(F)(F)F)cc(C(F)(F)F)c32)cc1)c1ccc(-n2c3cc(C(F)(F)F)ccc3c3cc(C(F)(F)F)cc(C(F)(F)F)c32)cc1. The second-order valence-corrected chi connectivity index (χ2v) is 20.1. The minimum absolute atomic E-state index is 0.130. The van der Waals surface area contributed by atoms with E-state index in [-0.39, 0.29) is 34.3 Å². The van der Waals surface area contributed by atoms with E-state index in [0.29, 0.717) is 46.8 Å². The minimum Gasteiger partial charge on any atom is -0.309 e. The molecule has 6 aromatic carbocycles. The molecule has 0 unspecified atom stereocenters. The van der Waals surface area contributed by atoms with Crippen molar-refractivity contribution in [2.45, 2.75) is 50.2 Å². The molecule has 0 atom stereocenters. The van der Waals surface area contributed by atoms with Crippen molar-refractivity contribution in [1.29, 1.82) is 0 Å². The second-order valence-electron chi connectivity index (χ2n) is 15.7. The van der Waals surface area contributed by atoms with Crippen LogP contribution in [0.4, 0.5) is 79.0 Å². The average molecular weight is 951 g/mol. The first kappa shape index (κ1) is 45.4. The van der Waals surface area contributed by atoms with Crippen LogP contribution in [0.3, 0.4) is 0 Å².